The second kappa shape index (κ2) is 3.97. The van der Waals surface area contributed by atoms with Crippen molar-refractivity contribution in [2.45, 2.75) is 32.3 Å². The number of hydrogen-bond acceptors (Lipinski definition) is 1. The van der Waals surface area contributed by atoms with Crippen molar-refractivity contribution in [2.75, 3.05) is 0 Å². The Morgan fingerprint density at radius 2 is 2.00 bits per heavy atom. The van der Waals surface area contributed by atoms with Gasteiger partial charge in [0.1, 0.15) is 0 Å². The fraction of sp³-hybridized carbons (Fsp3) is 0.294. The maximum Gasteiger partial charge on any atom is 0.0828 e. The Balaban J connectivity index is 2.24. The molecule has 0 spiro atoms. The van der Waals surface area contributed by atoms with E-state index in [4.69, 9.17) is 0 Å². The number of nitrogens with zero attached hydrogens (tertiary/aromatic N) is 1. The normalized spacial score (nSPS) is 17.1. The van der Waals surface area contributed by atoms with Gasteiger partial charge in [-0.25, -0.2) is 0 Å². The lowest BCUT2D eigenvalue weighted by Gasteiger charge is -2.20. The molecule has 1 heterocycles. The van der Waals surface area contributed by atoms with Gasteiger partial charge in [0.15, 0.2) is 0 Å². The molecular formula is C17H19NO. The number of aryl methyl sites for hydroxylation is 1. The molecule has 2 aromatic rings. The van der Waals surface area contributed by atoms with E-state index < -0.39 is 6.10 Å². The fourth-order valence-electron chi connectivity index (χ4n) is 3.09. The summed E-state index contributed by atoms with van der Waals surface area (Å²) < 4.78 is 2.00. The summed E-state index contributed by atoms with van der Waals surface area (Å²) in [6, 6.07) is 8.75. The van der Waals surface area contributed by atoms with Gasteiger partial charge in [-0.15, -0.1) is 0 Å². The minimum atomic E-state index is -0.700. The minimum Gasteiger partial charge on any atom is -0.391 e. The van der Waals surface area contributed by atoms with E-state index in [-0.39, 0.29) is 5.41 Å². The molecule has 1 aliphatic carbocycles. The van der Waals surface area contributed by atoms with Crippen LogP contribution in [0.4, 0.5) is 0 Å². The second-order valence-electron chi connectivity index (χ2n) is 5.88. The first-order valence-corrected chi connectivity index (χ1v) is 6.60. The van der Waals surface area contributed by atoms with Crippen molar-refractivity contribution in [3.05, 3.63) is 60.6 Å². The van der Waals surface area contributed by atoms with E-state index in [1.807, 2.05) is 10.8 Å². The number of rotatable bonds is 2. The Morgan fingerprint density at radius 1 is 1.26 bits per heavy atom. The Morgan fingerprint density at radius 3 is 2.68 bits per heavy atom. The van der Waals surface area contributed by atoms with E-state index in [1.165, 1.54) is 27.9 Å². The van der Waals surface area contributed by atoms with Crippen LogP contribution in [0.15, 0.2) is 30.5 Å². The zero-order valence-electron chi connectivity index (χ0n) is 11.6. The zero-order valence-corrected chi connectivity index (χ0v) is 11.6. The molecule has 1 N–H and O–H groups in total. The van der Waals surface area contributed by atoms with E-state index >= 15 is 0 Å². The maximum absolute atomic E-state index is 9.50. The first-order valence-electron chi connectivity index (χ1n) is 6.60. The largest absolute Gasteiger partial charge is 0.391 e. The van der Waals surface area contributed by atoms with Crippen LogP contribution in [0.1, 0.15) is 30.5 Å². The lowest BCUT2D eigenvalue weighted by Crippen LogP contribution is -2.14. The van der Waals surface area contributed by atoms with Crippen LogP contribution in [0.2, 0.25) is 0 Å². The molecule has 0 fully saturated rings. The summed E-state index contributed by atoms with van der Waals surface area (Å²) in [4.78, 5) is 0. The molecule has 19 heavy (non-hydrogen) atoms. The molecule has 1 atom stereocenters. The smallest absolute Gasteiger partial charge is 0.0828 e. The Hall–Kier alpha value is -1.54. The molecule has 1 aromatic heterocycles. The van der Waals surface area contributed by atoms with Crippen LogP contribution in [0, 0.1) is 20.4 Å². The Kier molecular flexibility index (Phi) is 2.61. The first-order chi connectivity index (χ1) is 8.91. The summed E-state index contributed by atoms with van der Waals surface area (Å²) >= 11 is 0. The van der Waals surface area contributed by atoms with E-state index in [1.54, 1.807) is 6.54 Å². The highest BCUT2D eigenvalue weighted by Gasteiger charge is 2.37. The van der Waals surface area contributed by atoms with Gasteiger partial charge in [0, 0.05) is 17.2 Å². The molecule has 0 bridgehead atoms. The highest BCUT2D eigenvalue weighted by molar-refractivity contribution is 5.79. The first kappa shape index (κ1) is 12.5. The van der Waals surface area contributed by atoms with Gasteiger partial charge >= 0.3 is 0 Å². The summed E-state index contributed by atoms with van der Waals surface area (Å²) in [6.45, 7) is 12.0. The molecule has 0 saturated carbocycles. The molecule has 0 amide bonds. The molecule has 0 aliphatic heterocycles. The molecule has 2 radical (unpaired) electrons. The number of hydrogen-bond donors (Lipinski definition) is 1. The van der Waals surface area contributed by atoms with Crippen molar-refractivity contribution in [3.63, 3.8) is 0 Å². The van der Waals surface area contributed by atoms with E-state index in [0.717, 1.165) is 0 Å². The summed E-state index contributed by atoms with van der Waals surface area (Å²) in [5, 5.41) is 9.50. The molecule has 3 rings (SSSR count). The van der Waals surface area contributed by atoms with Crippen molar-refractivity contribution >= 4 is 0 Å². The maximum atomic E-state index is 9.50. The van der Waals surface area contributed by atoms with E-state index in [2.05, 4.69) is 52.0 Å². The van der Waals surface area contributed by atoms with Crippen LogP contribution in [0.3, 0.4) is 0 Å². The van der Waals surface area contributed by atoms with Gasteiger partial charge in [-0.05, 0) is 37.1 Å². The summed E-state index contributed by atoms with van der Waals surface area (Å²) in [7, 11) is 0. The third-order valence-corrected chi connectivity index (χ3v) is 4.02. The Labute approximate surface area is 114 Å². The van der Waals surface area contributed by atoms with Gasteiger partial charge < -0.3 is 9.67 Å². The predicted octanol–water partition coefficient (Wildman–Crippen LogP) is 3.31. The molecule has 1 aromatic carbocycles. The van der Waals surface area contributed by atoms with Crippen LogP contribution < -0.4 is 0 Å². The fourth-order valence-corrected chi connectivity index (χ4v) is 3.09. The van der Waals surface area contributed by atoms with Gasteiger partial charge in [-0.3, -0.25) is 0 Å². The van der Waals surface area contributed by atoms with Crippen molar-refractivity contribution < 1.29 is 5.11 Å². The van der Waals surface area contributed by atoms with Crippen LogP contribution in [0.25, 0.3) is 11.3 Å². The molecule has 1 aliphatic rings. The highest BCUT2D eigenvalue weighted by atomic mass is 16.3. The van der Waals surface area contributed by atoms with Crippen LogP contribution >= 0.6 is 0 Å². The lowest BCUT2D eigenvalue weighted by molar-refractivity contribution is 0.245. The van der Waals surface area contributed by atoms with E-state index in [0.29, 0.717) is 0 Å². The monoisotopic (exact) mass is 253 g/mol. The van der Waals surface area contributed by atoms with Gasteiger partial charge in [-0.1, -0.05) is 31.5 Å². The molecule has 2 heteroatoms. The SMILES string of the molecule is [CH2][C@@H](O)[CH]n1ccc2c1-c1cc(C)ccc1C2(C)C. The van der Waals surface area contributed by atoms with Gasteiger partial charge in [0.25, 0.3) is 0 Å². The van der Waals surface area contributed by atoms with Gasteiger partial charge in [0.05, 0.1) is 18.3 Å². The molecule has 0 unspecified atom stereocenters. The highest BCUT2D eigenvalue weighted by Crippen LogP contribution is 2.49. The summed E-state index contributed by atoms with van der Waals surface area (Å²) in [6.07, 6.45) is 1.31. The quantitative estimate of drug-likeness (QED) is 0.872. The van der Waals surface area contributed by atoms with Crippen molar-refractivity contribution in [2.24, 2.45) is 0 Å². The average molecular weight is 253 g/mol. The van der Waals surface area contributed by atoms with Gasteiger partial charge in [-0.2, -0.15) is 0 Å². The number of aromatic nitrogens is 1. The number of benzene rings is 1. The number of aliphatic hydroxyl groups is 1. The van der Waals surface area contributed by atoms with Crippen LogP contribution in [-0.4, -0.2) is 15.8 Å². The predicted molar refractivity (Wildman–Crippen MR) is 77.8 cm³/mol. The third-order valence-electron chi connectivity index (χ3n) is 4.02. The third kappa shape index (κ3) is 1.74. The second-order valence-corrected chi connectivity index (χ2v) is 5.88. The number of aliphatic hydroxyl groups excluding tert-OH is 1. The van der Waals surface area contributed by atoms with Crippen molar-refractivity contribution in [3.8, 4) is 11.3 Å². The average Bonchev–Trinajstić information content (AvgIpc) is 2.79. The zero-order chi connectivity index (χ0) is 13.8. The van der Waals surface area contributed by atoms with Crippen molar-refractivity contribution in [1.29, 1.82) is 0 Å². The summed E-state index contributed by atoms with van der Waals surface area (Å²) in [5.74, 6) is 0. The molecule has 2 nitrogen and oxygen atoms in total. The Bertz CT molecular complexity index is 635. The van der Waals surface area contributed by atoms with Crippen molar-refractivity contribution in [1.82, 2.24) is 4.57 Å². The van der Waals surface area contributed by atoms with Crippen LogP contribution in [-0.2, 0) is 5.41 Å². The standard InChI is InChI=1S/C17H19NO/c1-11-5-6-14-13(9-11)16-15(17(14,3)4)7-8-18(16)10-12(2)19/h5-10,12,19H,2H2,1,3-4H3/t12-/m1/s1. The van der Waals surface area contributed by atoms with E-state index in [9.17, 15) is 5.11 Å². The lowest BCUT2D eigenvalue weighted by atomic mass is 9.83. The van der Waals surface area contributed by atoms with Crippen LogP contribution in [0.5, 0.6) is 0 Å². The molecule has 98 valence electrons. The summed E-state index contributed by atoms with van der Waals surface area (Å²) in [5.41, 5.74) is 6.39. The topological polar surface area (TPSA) is 25.2 Å². The van der Waals surface area contributed by atoms with Gasteiger partial charge in [0.2, 0.25) is 0 Å². The number of fused-ring (bicyclic) bond motifs is 3. The molecular weight excluding hydrogens is 234 g/mol. The molecule has 0 saturated heterocycles. The minimum absolute atomic E-state index is 0.0174.